The molecule has 0 aromatic rings. The number of nitriles is 1. The van der Waals surface area contributed by atoms with Crippen molar-refractivity contribution in [2.24, 2.45) is 0 Å². The molecule has 17 heavy (non-hydrogen) atoms. The molecule has 0 aliphatic rings. The maximum atomic E-state index is 9.25. The van der Waals surface area contributed by atoms with Gasteiger partial charge in [0, 0.05) is 12.1 Å². The highest BCUT2D eigenvalue weighted by Gasteiger charge is 2.26. The van der Waals surface area contributed by atoms with Crippen molar-refractivity contribution in [2.45, 2.75) is 65.0 Å². The summed E-state index contributed by atoms with van der Waals surface area (Å²) in [6.07, 6.45) is 3.05. The minimum Gasteiger partial charge on any atom is -0.301 e. The van der Waals surface area contributed by atoms with Crippen LogP contribution >= 0.6 is 0 Å². The van der Waals surface area contributed by atoms with Crippen LogP contribution < -0.4 is 5.32 Å². The highest BCUT2D eigenvalue weighted by Crippen LogP contribution is 2.18. The molecule has 1 atom stereocenters. The lowest BCUT2D eigenvalue weighted by Crippen LogP contribution is -2.47. The van der Waals surface area contributed by atoms with E-state index in [9.17, 15) is 5.26 Å². The van der Waals surface area contributed by atoms with Crippen LogP contribution in [0.3, 0.4) is 0 Å². The minimum absolute atomic E-state index is 0.209. The number of hydrogen-bond donors (Lipinski definition) is 1. The molecular formula is C14H29N3. The molecule has 1 unspecified atom stereocenters. The molecule has 0 aliphatic carbocycles. The summed E-state index contributed by atoms with van der Waals surface area (Å²) in [5.74, 6) is 0. The van der Waals surface area contributed by atoms with Crippen molar-refractivity contribution >= 4 is 0 Å². The van der Waals surface area contributed by atoms with Crippen molar-refractivity contribution in [2.75, 3.05) is 20.1 Å². The molecule has 100 valence electrons. The second kappa shape index (κ2) is 6.98. The average Bonchev–Trinajstić information content (AvgIpc) is 2.33. The van der Waals surface area contributed by atoms with Gasteiger partial charge in [0.05, 0.1) is 6.07 Å². The Hall–Kier alpha value is -0.590. The summed E-state index contributed by atoms with van der Waals surface area (Å²) >= 11 is 0. The van der Waals surface area contributed by atoms with Gasteiger partial charge in [0.25, 0.3) is 0 Å². The molecule has 0 fully saturated rings. The van der Waals surface area contributed by atoms with Crippen LogP contribution in [0.1, 0.15) is 53.9 Å². The molecule has 3 nitrogen and oxygen atoms in total. The van der Waals surface area contributed by atoms with Gasteiger partial charge < -0.3 is 4.90 Å². The molecule has 0 rings (SSSR count). The second-order valence-corrected chi connectivity index (χ2v) is 5.71. The van der Waals surface area contributed by atoms with Crippen molar-refractivity contribution in [3.8, 4) is 6.07 Å². The zero-order valence-electron chi connectivity index (χ0n) is 12.4. The van der Waals surface area contributed by atoms with Crippen LogP contribution in [0.5, 0.6) is 0 Å². The molecule has 0 aliphatic heterocycles. The smallest absolute Gasteiger partial charge is 0.105 e. The fourth-order valence-corrected chi connectivity index (χ4v) is 1.55. The van der Waals surface area contributed by atoms with Gasteiger partial charge in [0.2, 0.25) is 0 Å². The SMILES string of the molecule is CCCNC(C)(C#N)CCN(C)C(C)(C)CC. The molecule has 0 aromatic heterocycles. The summed E-state index contributed by atoms with van der Waals surface area (Å²) in [6.45, 7) is 12.7. The first kappa shape index (κ1) is 16.4. The average molecular weight is 239 g/mol. The van der Waals surface area contributed by atoms with Crippen molar-refractivity contribution in [3.63, 3.8) is 0 Å². The van der Waals surface area contributed by atoms with E-state index in [1.54, 1.807) is 0 Å². The number of nitrogens with one attached hydrogen (secondary N) is 1. The Balaban J connectivity index is 4.29. The van der Waals surface area contributed by atoms with Crippen LogP contribution in [-0.4, -0.2) is 36.1 Å². The van der Waals surface area contributed by atoms with E-state index in [0.717, 1.165) is 32.4 Å². The Kier molecular flexibility index (Phi) is 6.74. The Bertz CT molecular complexity index is 255. The molecule has 0 heterocycles. The Morgan fingerprint density at radius 2 is 1.82 bits per heavy atom. The van der Waals surface area contributed by atoms with Crippen molar-refractivity contribution in [3.05, 3.63) is 0 Å². The number of hydrogen-bond acceptors (Lipinski definition) is 3. The molecule has 3 heteroatoms. The van der Waals surface area contributed by atoms with E-state index >= 15 is 0 Å². The molecule has 0 aromatic carbocycles. The molecule has 0 bridgehead atoms. The maximum absolute atomic E-state index is 9.25. The van der Waals surface area contributed by atoms with E-state index in [4.69, 9.17) is 0 Å². The van der Waals surface area contributed by atoms with Crippen molar-refractivity contribution in [1.82, 2.24) is 10.2 Å². The Morgan fingerprint density at radius 3 is 2.24 bits per heavy atom. The summed E-state index contributed by atoms with van der Waals surface area (Å²) in [6, 6.07) is 2.40. The first-order chi connectivity index (χ1) is 7.81. The number of nitrogens with zero attached hydrogens (tertiary/aromatic N) is 2. The van der Waals surface area contributed by atoms with Gasteiger partial charge in [-0.3, -0.25) is 5.32 Å². The van der Waals surface area contributed by atoms with Gasteiger partial charge in [-0.15, -0.1) is 0 Å². The predicted molar refractivity (Wildman–Crippen MR) is 73.9 cm³/mol. The molecule has 0 saturated carbocycles. The highest BCUT2D eigenvalue weighted by molar-refractivity contribution is 5.04. The third-order valence-electron chi connectivity index (χ3n) is 3.86. The van der Waals surface area contributed by atoms with Crippen LogP contribution in [-0.2, 0) is 0 Å². The van der Waals surface area contributed by atoms with Crippen LogP contribution in [0.25, 0.3) is 0 Å². The lowest BCUT2D eigenvalue weighted by Gasteiger charge is -2.36. The molecule has 0 radical (unpaired) electrons. The van der Waals surface area contributed by atoms with Crippen molar-refractivity contribution < 1.29 is 0 Å². The first-order valence-electron chi connectivity index (χ1n) is 6.69. The van der Waals surface area contributed by atoms with Gasteiger partial charge in [0.1, 0.15) is 5.54 Å². The van der Waals surface area contributed by atoms with Crippen LogP contribution in [0.2, 0.25) is 0 Å². The third-order valence-corrected chi connectivity index (χ3v) is 3.86. The highest BCUT2D eigenvalue weighted by atomic mass is 15.2. The maximum Gasteiger partial charge on any atom is 0.105 e. The van der Waals surface area contributed by atoms with Gasteiger partial charge >= 0.3 is 0 Å². The summed E-state index contributed by atoms with van der Waals surface area (Å²) in [7, 11) is 2.14. The Morgan fingerprint density at radius 1 is 1.24 bits per heavy atom. The van der Waals surface area contributed by atoms with E-state index in [-0.39, 0.29) is 5.54 Å². The summed E-state index contributed by atoms with van der Waals surface area (Å²) in [4.78, 5) is 2.34. The molecule has 0 amide bonds. The number of rotatable bonds is 8. The minimum atomic E-state index is -0.395. The first-order valence-corrected chi connectivity index (χ1v) is 6.69. The molecule has 1 N–H and O–H groups in total. The molecule has 0 saturated heterocycles. The molecule has 0 spiro atoms. The summed E-state index contributed by atoms with van der Waals surface area (Å²) in [5, 5.41) is 12.6. The third kappa shape index (κ3) is 5.52. The summed E-state index contributed by atoms with van der Waals surface area (Å²) in [5.41, 5.74) is -0.185. The van der Waals surface area contributed by atoms with Gasteiger partial charge in [-0.2, -0.15) is 5.26 Å². The molecular weight excluding hydrogens is 210 g/mol. The van der Waals surface area contributed by atoms with E-state index in [1.807, 2.05) is 6.92 Å². The predicted octanol–water partition coefficient (Wildman–Crippen LogP) is 2.78. The van der Waals surface area contributed by atoms with Gasteiger partial charge in [-0.05, 0) is 53.6 Å². The zero-order chi connectivity index (χ0) is 13.5. The van der Waals surface area contributed by atoms with Crippen LogP contribution in [0.15, 0.2) is 0 Å². The standard InChI is InChI=1S/C14H29N3/c1-7-10-16-14(5,12-15)9-11-17(6)13(3,4)8-2/h16H,7-11H2,1-6H3. The van der Waals surface area contributed by atoms with Crippen LogP contribution in [0.4, 0.5) is 0 Å². The van der Waals surface area contributed by atoms with E-state index in [0.29, 0.717) is 0 Å². The lowest BCUT2D eigenvalue weighted by molar-refractivity contribution is 0.140. The van der Waals surface area contributed by atoms with Gasteiger partial charge in [-0.1, -0.05) is 13.8 Å². The zero-order valence-corrected chi connectivity index (χ0v) is 12.4. The second-order valence-electron chi connectivity index (χ2n) is 5.71. The Labute approximate surface area is 107 Å². The largest absolute Gasteiger partial charge is 0.301 e. The topological polar surface area (TPSA) is 39.1 Å². The van der Waals surface area contributed by atoms with Crippen molar-refractivity contribution in [1.29, 1.82) is 5.26 Å². The van der Waals surface area contributed by atoms with Gasteiger partial charge in [0.15, 0.2) is 0 Å². The monoisotopic (exact) mass is 239 g/mol. The summed E-state index contributed by atoms with van der Waals surface area (Å²) < 4.78 is 0. The van der Waals surface area contributed by atoms with E-state index < -0.39 is 5.54 Å². The normalized spacial score (nSPS) is 15.6. The lowest BCUT2D eigenvalue weighted by atomic mass is 9.95. The fourth-order valence-electron chi connectivity index (χ4n) is 1.55. The van der Waals surface area contributed by atoms with Crippen LogP contribution in [0, 0.1) is 11.3 Å². The quantitative estimate of drug-likeness (QED) is 0.708. The van der Waals surface area contributed by atoms with E-state index in [2.05, 4.69) is 51.0 Å². The fraction of sp³-hybridized carbons (Fsp3) is 0.929. The van der Waals surface area contributed by atoms with E-state index in [1.165, 1.54) is 0 Å². The van der Waals surface area contributed by atoms with Gasteiger partial charge in [-0.25, -0.2) is 0 Å².